The van der Waals surface area contributed by atoms with Gasteiger partial charge in [0, 0.05) is 23.1 Å². The van der Waals surface area contributed by atoms with Crippen LogP contribution < -0.4 is 0 Å². The van der Waals surface area contributed by atoms with E-state index in [4.69, 9.17) is 4.74 Å². The first-order valence-electron chi connectivity index (χ1n) is 9.43. The van der Waals surface area contributed by atoms with Crippen molar-refractivity contribution in [1.29, 1.82) is 0 Å². The number of carbonyl (C=O) groups is 1. The molecule has 4 nitrogen and oxygen atoms in total. The second kappa shape index (κ2) is 8.43. The topological polar surface area (TPSA) is 49.8 Å². The van der Waals surface area contributed by atoms with Gasteiger partial charge in [-0.1, -0.05) is 54.6 Å². The van der Waals surface area contributed by atoms with Crippen LogP contribution in [-0.4, -0.2) is 41.2 Å². The third-order valence-electron chi connectivity index (χ3n) is 5.22. The average Bonchev–Trinajstić information content (AvgIpc) is 2.74. The van der Waals surface area contributed by atoms with E-state index in [0.717, 1.165) is 15.4 Å². The molecule has 0 aliphatic carbocycles. The summed E-state index contributed by atoms with van der Waals surface area (Å²) >= 11 is 3.68. The van der Waals surface area contributed by atoms with Gasteiger partial charge in [-0.3, -0.25) is 4.79 Å². The van der Waals surface area contributed by atoms with Crippen LogP contribution in [0, 0.1) is 0 Å². The molecule has 2 atom stereocenters. The fourth-order valence-electron chi connectivity index (χ4n) is 3.64. The van der Waals surface area contributed by atoms with Gasteiger partial charge in [0.15, 0.2) is 0 Å². The second-order valence-corrected chi connectivity index (χ2v) is 7.88. The van der Waals surface area contributed by atoms with Crippen LogP contribution in [-0.2, 0) is 11.3 Å². The van der Waals surface area contributed by atoms with E-state index in [0.29, 0.717) is 25.1 Å². The molecular formula is C23H22BrNO3. The first-order chi connectivity index (χ1) is 13.6. The van der Waals surface area contributed by atoms with Crippen molar-refractivity contribution in [2.45, 2.75) is 25.2 Å². The molecule has 1 aliphatic heterocycles. The Kier molecular flexibility index (Phi) is 5.76. The van der Waals surface area contributed by atoms with Gasteiger partial charge >= 0.3 is 0 Å². The van der Waals surface area contributed by atoms with Gasteiger partial charge in [0.25, 0.3) is 5.91 Å². The van der Waals surface area contributed by atoms with E-state index in [1.165, 1.54) is 5.39 Å². The van der Waals surface area contributed by atoms with E-state index >= 15 is 0 Å². The minimum atomic E-state index is -0.694. The Morgan fingerprint density at radius 2 is 1.82 bits per heavy atom. The highest BCUT2D eigenvalue weighted by atomic mass is 79.9. The highest BCUT2D eigenvalue weighted by molar-refractivity contribution is 9.10. The van der Waals surface area contributed by atoms with Crippen molar-refractivity contribution in [2.75, 3.05) is 13.1 Å². The number of piperidine rings is 1. The summed E-state index contributed by atoms with van der Waals surface area (Å²) in [5, 5.41) is 12.8. The van der Waals surface area contributed by atoms with Crippen LogP contribution in [0.2, 0.25) is 0 Å². The summed E-state index contributed by atoms with van der Waals surface area (Å²) in [5.74, 6) is -0.0460. The fraction of sp³-hybridized carbons (Fsp3) is 0.261. The van der Waals surface area contributed by atoms with Gasteiger partial charge in [0.1, 0.15) is 0 Å². The lowest BCUT2D eigenvalue weighted by molar-refractivity contribution is -0.0793. The predicted molar refractivity (Wildman–Crippen MR) is 113 cm³/mol. The Labute approximate surface area is 172 Å². The van der Waals surface area contributed by atoms with E-state index in [2.05, 4.69) is 34.1 Å². The van der Waals surface area contributed by atoms with Crippen molar-refractivity contribution in [3.63, 3.8) is 0 Å². The van der Waals surface area contributed by atoms with Gasteiger partial charge in [-0.15, -0.1) is 0 Å². The van der Waals surface area contributed by atoms with Gasteiger partial charge in [0.2, 0.25) is 0 Å². The molecule has 1 amide bonds. The zero-order valence-corrected chi connectivity index (χ0v) is 17.0. The van der Waals surface area contributed by atoms with Crippen LogP contribution >= 0.6 is 15.9 Å². The van der Waals surface area contributed by atoms with Gasteiger partial charge in [-0.05, 0) is 50.8 Å². The minimum Gasteiger partial charge on any atom is -0.389 e. The SMILES string of the molecule is O=C(c1ccccc1)N1CCC(OCc2ccc3ccccc3c2Br)C(O)C1. The normalized spacial score (nSPS) is 19.7. The Bertz CT molecular complexity index is 976. The molecule has 0 aromatic heterocycles. The number of aliphatic hydroxyl groups excluding tert-OH is 1. The summed E-state index contributed by atoms with van der Waals surface area (Å²) in [6, 6.07) is 21.5. The number of hydrogen-bond acceptors (Lipinski definition) is 3. The summed E-state index contributed by atoms with van der Waals surface area (Å²) in [6.07, 6.45) is -0.357. The lowest BCUT2D eigenvalue weighted by atomic mass is 10.0. The molecule has 3 aromatic carbocycles. The van der Waals surface area contributed by atoms with E-state index < -0.39 is 6.10 Å². The number of ether oxygens (including phenoxy) is 1. The number of fused-ring (bicyclic) bond motifs is 1. The van der Waals surface area contributed by atoms with Crippen molar-refractivity contribution in [3.05, 3.63) is 82.3 Å². The molecule has 28 heavy (non-hydrogen) atoms. The first kappa shape index (κ1) is 19.1. The smallest absolute Gasteiger partial charge is 0.253 e. The first-order valence-corrected chi connectivity index (χ1v) is 10.2. The number of rotatable bonds is 4. The second-order valence-electron chi connectivity index (χ2n) is 7.08. The van der Waals surface area contributed by atoms with Crippen LogP contribution in [0.25, 0.3) is 10.8 Å². The van der Waals surface area contributed by atoms with E-state index in [1.807, 2.05) is 36.4 Å². The molecule has 0 bridgehead atoms. The molecule has 3 aromatic rings. The predicted octanol–water partition coefficient (Wildman–Crippen LogP) is 4.39. The molecule has 1 fully saturated rings. The monoisotopic (exact) mass is 439 g/mol. The van der Waals surface area contributed by atoms with Crippen molar-refractivity contribution >= 4 is 32.6 Å². The zero-order valence-electron chi connectivity index (χ0n) is 15.4. The van der Waals surface area contributed by atoms with Crippen LogP contribution in [0.5, 0.6) is 0 Å². The maximum atomic E-state index is 12.6. The third-order valence-corrected chi connectivity index (χ3v) is 6.16. The fourth-order valence-corrected chi connectivity index (χ4v) is 4.25. The van der Waals surface area contributed by atoms with Gasteiger partial charge < -0.3 is 14.7 Å². The maximum Gasteiger partial charge on any atom is 0.253 e. The molecular weight excluding hydrogens is 418 g/mol. The number of nitrogens with zero attached hydrogens (tertiary/aromatic N) is 1. The highest BCUT2D eigenvalue weighted by Gasteiger charge is 2.31. The molecule has 2 unspecified atom stereocenters. The average molecular weight is 440 g/mol. The number of amides is 1. The number of hydrogen-bond donors (Lipinski definition) is 1. The number of carbonyl (C=O) groups excluding carboxylic acids is 1. The zero-order chi connectivity index (χ0) is 19.5. The Hall–Kier alpha value is -2.21. The van der Waals surface area contributed by atoms with Gasteiger partial charge in [0.05, 0.1) is 18.8 Å². The van der Waals surface area contributed by atoms with Gasteiger partial charge in [-0.2, -0.15) is 0 Å². The van der Waals surface area contributed by atoms with E-state index in [9.17, 15) is 9.90 Å². The van der Waals surface area contributed by atoms with Crippen LogP contribution in [0.4, 0.5) is 0 Å². The summed E-state index contributed by atoms with van der Waals surface area (Å²) in [7, 11) is 0. The van der Waals surface area contributed by atoms with Crippen LogP contribution in [0.1, 0.15) is 22.3 Å². The van der Waals surface area contributed by atoms with Crippen molar-refractivity contribution in [3.8, 4) is 0 Å². The minimum absolute atomic E-state index is 0.0460. The summed E-state index contributed by atoms with van der Waals surface area (Å²) in [5.41, 5.74) is 1.70. The quantitative estimate of drug-likeness (QED) is 0.655. The van der Waals surface area contributed by atoms with Crippen molar-refractivity contribution < 1.29 is 14.6 Å². The van der Waals surface area contributed by atoms with E-state index in [1.54, 1.807) is 17.0 Å². The Morgan fingerprint density at radius 3 is 2.61 bits per heavy atom. The van der Waals surface area contributed by atoms with Crippen LogP contribution in [0.3, 0.4) is 0 Å². The van der Waals surface area contributed by atoms with E-state index in [-0.39, 0.29) is 18.6 Å². The van der Waals surface area contributed by atoms with Gasteiger partial charge in [-0.25, -0.2) is 0 Å². The molecule has 0 spiro atoms. The third kappa shape index (κ3) is 3.97. The molecule has 144 valence electrons. The maximum absolute atomic E-state index is 12.6. The lowest BCUT2D eigenvalue weighted by Crippen LogP contribution is -2.49. The molecule has 1 aliphatic rings. The molecule has 0 radical (unpaired) electrons. The van der Waals surface area contributed by atoms with Crippen molar-refractivity contribution in [1.82, 2.24) is 4.90 Å². The number of benzene rings is 3. The molecule has 5 heteroatoms. The Morgan fingerprint density at radius 1 is 1.07 bits per heavy atom. The molecule has 4 rings (SSSR count). The number of likely N-dealkylation sites (tertiary alicyclic amines) is 1. The van der Waals surface area contributed by atoms with Crippen molar-refractivity contribution in [2.24, 2.45) is 0 Å². The number of aliphatic hydroxyl groups is 1. The number of β-amino-alcohol motifs (C(OH)–C–C–N with tert-alkyl or cyclic N) is 1. The molecule has 1 N–H and O–H groups in total. The summed E-state index contributed by atoms with van der Waals surface area (Å²) in [6.45, 7) is 1.28. The highest BCUT2D eigenvalue weighted by Crippen LogP contribution is 2.29. The summed E-state index contributed by atoms with van der Waals surface area (Å²) in [4.78, 5) is 14.3. The molecule has 1 heterocycles. The molecule has 0 saturated carbocycles. The standard InChI is InChI=1S/C23H22BrNO3/c24-22-18(11-10-16-6-4-5-9-19(16)22)15-28-21-12-13-25(14-20(21)26)23(27)17-7-2-1-3-8-17/h1-11,20-21,26H,12-15H2. The number of halogens is 1. The van der Waals surface area contributed by atoms with Crippen LogP contribution in [0.15, 0.2) is 71.2 Å². The largest absolute Gasteiger partial charge is 0.389 e. The Balaban J connectivity index is 1.38. The lowest BCUT2D eigenvalue weighted by Gasteiger charge is -2.36. The molecule has 1 saturated heterocycles. The summed E-state index contributed by atoms with van der Waals surface area (Å²) < 4.78 is 7.05.